The zero-order valence-electron chi connectivity index (χ0n) is 25.2. The van der Waals surface area contributed by atoms with Crippen molar-refractivity contribution >= 4 is 39.1 Å². The standard InChI is InChI=1S/C31H35FN4O8S/c1-17(2)45(41,42)27-12-9-20(35-31(39)40)16-22(27)24-6-5-13-36(24)30(38)28(18-7-11-25(43-3)26(14-18)44-4)34-19-8-10-23(32)21(15-19)29(33)37/h7-12,14-17,24,28,34-35H,5-6,13H2,1-4H3,(H2,33,37)(H,39,40). The van der Waals surface area contributed by atoms with Gasteiger partial charge in [-0.05, 0) is 86.3 Å². The lowest BCUT2D eigenvalue weighted by Gasteiger charge is -2.32. The van der Waals surface area contributed by atoms with Crippen LogP contribution in [0.1, 0.15) is 60.3 Å². The van der Waals surface area contributed by atoms with Crippen LogP contribution in [-0.4, -0.2) is 62.3 Å². The lowest BCUT2D eigenvalue weighted by atomic mass is 10.0. The van der Waals surface area contributed by atoms with Gasteiger partial charge in [0.25, 0.3) is 5.91 Å². The zero-order valence-corrected chi connectivity index (χ0v) is 26.0. The fourth-order valence-electron chi connectivity index (χ4n) is 5.33. The minimum Gasteiger partial charge on any atom is -0.493 e. The van der Waals surface area contributed by atoms with Crippen molar-refractivity contribution in [1.29, 1.82) is 0 Å². The van der Waals surface area contributed by atoms with E-state index >= 15 is 0 Å². The fourth-order valence-corrected chi connectivity index (χ4v) is 6.62. The molecule has 0 bridgehead atoms. The molecule has 14 heteroatoms. The Labute approximate surface area is 260 Å². The largest absolute Gasteiger partial charge is 0.493 e. The summed E-state index contributed by atoms with van der Waals surface area (Å²) in [6, 6.07) is 10.8. The normalized spacial score (nSPS) is 15.4. The van der Waals surface area contributed by atoms with E-state index < -0.39 is 50.9 Å². The Hall–Kier alpha value is -4.85. The SMILES string of the molecule is COc1ccc(C(Nc2ccc(F)c(C(N)=O)c2)C(=O)N2CCCC2c2cc(NC(=O)O)ccc2S(=O)(=O)C(C)C)cc1OC. The molecule has 3 aromatic rings. The topological polar surface area (TPSA) is 177 Å². The van der Waals surface area contributed by atoms with Crippen molar-refractivity contribution in [3.63, 3.8) is 0 Å². The minimum absolute atomic E-state index is 0.00148. The average molecular weight is 643 g/mol. The summed E-state index contributed by atoms with van der Waals surface area (Å²) in [7, 11) is -0.926. The molecular weight excluding hydrogens is 607 g/mol. The number of rotatable bonds is 11. The highest BCUT2D eigenvalue weighted by Crippen LogP contribution is 2.41. The maximum absolute atomic E-state index is 14.5. The third-order valence-electron chi connectivity index (χ3n) is 7.61. The molecule has 0 spiro atoms. The van der Waals surface area contributed by atoms with Gasteiger partial charge in [0.05, 0.1) is 36.0 Å². The van der Waals surface area contributed by atoms with Crippen LogP contribution in [0.4, 0.5) is 20.6 Å². The van der Waals surface area contributed by atoms with E-state index in [1.165, 1.54) is 49.5 Å². The molecule has 0 radical (unpaired) electrons. The number of halogens is 1. The lowest BCUT2D eigenvalue weighted by Crippen LogP contribution is -2.38. The van der Waals surface area contributed by atoms with Gasteiger partial charge in [0.15, 0.2) is 21.3 Å². The Balaban J connectivity index is 1.84. The van der Waals surface area contributed by atoms with Gasteiger partial charge in [-0.15, -0.1) is 0 Å². The van der Waals surface area contributed by atoms with Crippen molar-refractivity contribution in [2.45, 2.75) is 48.9 Å². The number of carbonyl (C=O) groups excluding carboxylic acids is 2. The van der Waals surface area contributed by atoms with Crippen LogP contribution in [0.3, 0.4) is 0 Å². The number of carbonyl (C=O) groups is 3. The quantitative estimate of drug-likeness (QED) is 0.230. The predicted molar refractivity (Wildman–Crippen MR) is 165 cm³/mol. The van der Waals surface area contributed by atoms with Crippen LogP contribution in [0.2, 0.25) is 0 Å². The van der Waals surface area contributed by atoms with Gasteiger partial charge in [0.1, 0.15) is 11.9 Å². The van der Waals surface area contributed by atoms with Gasteiger partial charge < -0.3 is 30.5 Å². The molecule has 1 saturated heterocycles. The molecule has 5 N–H and O–H groups in total. The number of ether oxygens (including phenoxy) is 2. The molecule has 4 rings (SSSR count). The Morgan fingerprint density at radius 3 is 2.31 bits per heavy atom. The van der Waals surface area contributed by atoms with E-state index in [-0.39, 0.29) is 33.9 Å². The molecule has 3 aromatic carbocycles. The number of anilines is 2. The van der Waals surface area contributed by atoms with Crippen LogP contribution >= 0.6 is 0 Å². The number of sulfone groups is 1. The molecule has 240 valence electrons. The molecule has 1 aliphatic rings. The molecule has 1 aliphatic heterocycles. The zero-order chi connectivity index (χ0) is 33.1. The van der Waals surface area contributed by atoms with Crippen molar-refractivity contribution in [3.05, 3.63) is 77.1 Å². The number of likely N-dealkylation sites (tertiary alicyclic amines) is 1. The number of carboxylic acid groups (broad SMARTS) is 1. The number of benzene rings is 3. The van der Waals surface area contributed by atoms with Gasteiger partial charge in [0.2, 0.25) is 5.91 Å². The van der Waals surface area contributed by atoms with Crippen LogP contribution in [0.25, 0.3) is 0 Å². The summed E-state index contributed by atoms with van der Waals surface area (Å²) < 4.78 is 51.9. The molecule has 0 saturated carbocycles. The second-order valence-electron chi connectivity index (χ2n) is 10.7. The summed E-state index contributed by atoms with van der Waals surface area (Å²) in [6.45, 7) is 3.35. The molecule has 45 heavy (non-hydrogen) atoms. The minimum atomic E-state index is -3.83. The van der Waals surface area contributed by atoms with Gasteiger partial charge >= 0.3 is 6.09 Å². The maximum Gasteiger partial charge on any atom is 0.409 e. The third-order valence-corrected chi connectivity index (χ3v) is 9.84. The lowest BCUT2D eigenvalue weighted by molar-refractivity contribution is -0.133. The number of methoxy groups -OCH3 is 2. The van der Waals surface area contributed by atoms with Crippen molar-refractivity contribution in [1.82, 2.24) is 4.90 Å². The molecule has 3 amide bonds. The van der Waals surface area contributed by atoms with Crippen LogP contribution in [-0.2, 0) is 14.6 Å². The number of hydrogen-bond acceptors (Lipinski definition) is 8. The first-order chi connectivity index (χ1) is 21.3. The Morgan fingerprint density at radius 2 is 1.69 bits per heavy atom. The molecule has 12 nitrogen and oxygen atoms in total. The molecule has 2 unspecified atom stereocenters. The summed E-state index contributed by atoms with van der Waals surface area (Å²) in [5.41, 5.74) is 6.07. The van der Waals surface area contributed by atoms with E-state index in [4.69, 9.17) is 15.2 Å². The van der Waals surface area contributed by atoms with E-state index in [0.717, 1.165) is 6.07 Å². The molecule has 1 heterocycles. The van der Waals surface area contributed by atoms with Crippen molar-refractivity contribution in [2.75, 3.05) is 31.4 Å². The number of nitrogens with zero attached hydrogens (tertiary/aromatic N) is 1. The average Bonchev–Trinajstić information content (AvgIpc) is 3.49. The van der Waals surface area contributed by atoms with E-state index in [1.54, 1.807) is 32.0 Å². The van der Waals surface area contributed by atoms with Crippen LogP contribution in [0.5, 0.6) is 11.5 Å². The molecule has 2 atom stereocenters. The van der Waals surface area contributed by atoms with E-state index in [2.05, 4.69) is 10.6 Å². The van der Waals surface area contributed by atoms with Gasteiger partial charge in [-0.25, -0.2) is 17.6 Å². The number of nitrogens with two attached hydrogens (primary N) is 1. The molecule has 1 fully saturated rings. The number of amides is 3. The third kappa shape index (κ3) is 6.95. The Morgan fingerprint density at radius 1 is 1.00 bits per heavy atom. The number of nitrogens with one attached hydrogen (secondary N) is 2. The first-order valence-electron chi connectivity index (χ1n) is 14.0. The van der Waals surface area contributed by atoms with Gasteiger partial charge in [-0.3, -0.25) is 14.9 Å². The monoisotopic (exact) mass is 642 g/mol. The molecule has 0 aliphatic carbocycles. The maximum atomic E-state index is 14.5. The van der Waals surface area contributed by atoms with E-state index in [9.17, 15) is 32.3 Å². The number of primary amides is 1. The van der Waals surface area contributed by atoms with Crippen LogP contribution in [0, 0.1) is 5.82 Å². The second-order valence-corrected chi connectivity index (χ2v) is 13.2. The predicted octanol–water partition coefficient (Wildman–Crippen LogP) is 4.73. The van der Waals surface area contributed by atoms with Gasteiger partial charge in [-0.1, -0.05) is 6.07 Å². The smallest absolute Gasteiger partial charge is 0.409 e. The first-order valence-corrected chi connectivity index (χ1v) is 15.6. The summed E-state index contributed by atoms with van der Waals surface area (Å²) in [5, 5.41) is 13.9. The molecular formula is C31H35FN4O8S. The van der Waals surface area contributed by atoms with Gasteiger partial charge in [0, 0.05) is 17.9 Å². The fraction of sp³-hybridized carbons (Fsp3) is 0.323. The highest BCUT2D eigenvalue weighted by Gasteiger charge is 2.38. The van der Waals surface area contributed by atoms with Gasteiger partial charge in [-0.2, -0.15) is 0 Å². The van der Waals surface area contributed by atoms with E-state index in [1.807, 2.05) is 0 Å². The summed E-state index contributed by atoms with van der Waals surface area (Å²) >= 11 is 0. The highest BCUT2D eigenvalue weighted by atomic mass is 32.2. The van der Waals surface area contributed by atoms with Crippen LogP contribution < -0.4 is 25.8 Å². The van der Waals surface area contributed by atoms with Crippen molar-refractivity contribution < 1.29 is 41.8 Å². The summed E-state index contributed by atoms with van der Waals surface area (Å²) in [4.78, 5) is 39.3. The van der Waals surface area contributed by atoms with Crippen molar-refractivity contribution in [3.8, 4) is 11.5 Å². The molecule has 0 aromatic heterocycles. The second kappa shape index (κ2) is 13.4. The van der Waals surface area contributed by atoms with Crippen LogP contribution in [0.15, 0.2) is 59.5 Å². The first kappa shape index (κ1) is 33.1. The summed E-state index contributed by atoms with van der Waals surface area (Å²) in [5.74, 6) is -1.52. The number of hydrogen-bond donors (Lipinski definition) is 4. The highest BCUT2D eigenvalue weighted by molar-refractivity contribution is 7.92. The Bertz CT molecular complexity index is 1730. The Kier molecular flexibility index (Phi) is 9.86. The van der Waals surface area contributed by atoms with E-state index in [0.29, 0.717) is 29.9 Å². The summed E-state index contributed by atoms with van der Waals surface area (Å²) in [6.07, 6.45) is -0.383. The van der Waals surface area contributed by atoms with Crippen molar-refractivity contribution in [2.24, 2.45) is 5.73 Å².